The molecular formula is C14H29ClN2O2S. The smallest absolute Gasteiger partial charge is 0.151 e. The maximum Gasteiger partial charge on any atom is 0.151 e. The summed E-state index contributed by atoms with van der Waals surface area (Å²) in [6.07, 6.45) is 7.11. The quantitative estimate of drug-likeness (QED) is 0.838. The van der Waals surface area contributed by atoms with Crippen molar-refractivity contribution in [3.63, 3.8) is 0 Å². The Morgan fingerprint density at radius 1 is 1.15 bits per heavy atom. The topological polar surface area (TPSA) is 49.4 Å². The van der Waals surface area contributed by atoms with Crippen molar-refractivity contribution < 1.29 is 8.42 Å². The van der Waals surface area contributed by atoms with Crippen molar-refractivity contribution in [3.8, 4) is 0 Å². The Balaban J connectivity index is 0.00000200. The van der Waals surface area contributed by atoms with Crippen LogP contribution < -0.4 is 5.32 Å². The number of rotatable bonds is 5. The molecule has 120 valence electrons. The van der Waals surface area contributed by atoms with E-state index in [0.29, 0.717) is 11.5 Å². The molecule has 0 atom stereocenters. The van der Waals surface area contributed by atoms with Gasteiger partial charge in [0.15, 0.2) is 9.84 Å². The molecule has 1 spiro atoms. The number of hydrogen-bond acceptors (Lipinski definition) is 4. The lowest BCUT2D eigenvalue weighted by atomic mass is 9.79. The first kappa shape index (κ1) is 18.2. The second kappa shape index (κ2) is 7.97. The highest BCUT2D eigenvalue weighted by Crippen LogP contribution is 2.34. The minimum Gasteiger partial charge on any atom is -0.314 e. The van der Waals surface area contributed by atoms with E-state index in [0.717, 1.165) is 32.6 Å². The largest absolute Gasteiger partial charge is 0.314 e. The molecule has 0 aromatic rings. The van der Waals surface area contributed by atoms with E-state index < -0.39 is 9.84 Å². The molecule has 1 aliphatic heterocycles. The van der Waals surface area contributed by atoms with Crippen LogP contribution in [0.25, 0.3) is 0 Å². The Kier molecular flexibility index (Phi) is 7.25. The lowest BCUT2D eigenvalue weighted by molar-refractivity contribution is 0.0330. The standard InChI is InChI=1S/C14H28N2O2S.ClH/c1-2-11-19(17,18)12-10-16-9-8-15-13-14(16)6-4-3-5-7-14;/h15H,2-13H2,1H3;1H. The Bertz CT molecular complexity index is 372. The zero-order valence-corrected chi connectivity index (χ0v) is 14.2. The minimum atomic E-state index is -2.85. The molecule has 0 bridgehead atoms. The first-order chi connectivity index (χ1) is 9.08. The molecule has 0 amide bonds. The fourth-order valence-electron chi connectivity index (χ4n) is 3.60. The molecule has 0 aromatic carbocycles. The van der Waals surface area contributed by atoms with E-state index in [2.05, 4.69) is 10.2 Å². The van der Waals surface area contributed by atoms with Crippen molar-refractivity contribution in [3.05, 3.63) is 0 Å². The highest BCUT2D eigenvalue weighted by molar-refractivity contribution is 7.91. The van der Waals surface area contributed by atoms with Crippen LogP contribution in [-0.2, 0) is 9.84 Å². The van der Waals surface area contributed by atoms with Gasteiger partial charge in [-0.25, -0.2) is 8.42 Å². The fourth-order valence-corrected chi connectivity index (χ4v) is 4.92. The monoisotopic (exact) mass is 324 g/mol. The van der Waals surface area contributed by atoms with Crippen molar-refractivity contribution in [1.82, 2.24) is 10.2 Å². The molecule has 1 aliphatic carbocycles. The van der Waals surface area contributed by atoms with Gasteiger partial charge in [0, 0.05) is 37.5 Å². The summed E-state index contributed by atoms with van der Waals surface area (Å²) in [5, 5.41) is 3.51. The summed E-state index contributed by atoms with van der Waals surface area (Å²) in [6, 6.07) is 0. The van der Waals surface area contributed by atoms with E-state index in [1.54, 1.807) is 0 Å². The molecule has 20 heavy (non-hydrogen) atoms. The third kappa shape index (κ3) is 4.58. The van der Waals surface area contributed by atoms with Crippen molar-refractivity contribution in [2.24, 2.45) is 0 Å². The molecule has 0 aromatic heterocycles. The molecule has 4 nitrogen and oxygen atoms in total. The van der Waals surface area contributed by atoms with Crippen LogP contribution in [0.1, 0.15) is 45.4 Å². The first-order valence-electron chi connectivity index (χ1n) is 7.74. The third-order valence-corrected chi connectivity index (χ3v) is 6.49. The van der Waals surface area contributed by atoms with Crippen molar-refractivity contribution in [2.75, 3.05) is 37.7 Å². The molecule has 2 rings (SSSR count). The van der Waals surface area contributed by atoms with Crippen LogP contribution in [0.5, 0.6) is 0 Å². The van der Waals surface area contributed by atoms with Crippen molar-refractivity contribution in [2.45, 2.75) is 51.0 Å². The molecular weight excluding hydrogens is 296 g/mol. The highest BCUT2D eigenvalue weighted by Gasteiger charge is 2.39. The average Bonchev–Trinajstić information content (AvgIpc) is 2.39. The van der Waals surface area contributed by atoms with Crippen LogP contribution >= 0.6 is 12.4 Å². The molecule has 0 radical (unpaired) electrons. The summed E-state index contributed by atoms with van der Waals surface area (Å²) in [5.74, 6) is 0.675. The van der Waals surface area contributed by atoms with E-state index in [-0.39, 0.29) is 17.9 Å². The van der Waals surface area contributed by atoms with Gasteiger partial charge in [-0.1, -0.05) is 26.2 Å². The van der Waals surface area contributed by atoms with Gasteiger partial charge in [0.2, 0.25) is 0 Å². The van der Waals surface area contributed by atoms with Crippen LogP contribution in [0.4, 0.5) is 0 Å². The van der Waals surface area contributed by atoms with Crippen molar-refractivity contribution >= 4 is 22.2 Å². The molecule has 2 fully saturated rings. The second-order valence-electron chi connectivity index (χ2n) is 6.10. The second-order valence-corrected chi connectivity index (χ2v) is 8.40. The molecule has 1 saturated carbocycles. The van der Waals surface area contributed by atoms with Gasteiger partial charge in [0.1, 0.15) is 0 Å². The van der Waals surface area contributed by atoms with Gasteiger partial charge in [-0.2, -0.15) is 0 Å². The van der Waals surface area contributed by atoms with Crippen LogP contribution in [0, 0.1) is 0 Å². The number of nitrogens with one attached hydrogen (secondary N) is 1. The highest BCUT2D eigenvalue weighted by atomic mass is 35.5. The van der Waals surface area contributed by atoms with E-state index >= 15 is 0 Å². The summed E-state index contributed by atoms with van der Waals surface area (Å²) >= 11 is 0. The first-order valence-corrected chi connectivity index (χ1v) is 9.56. The van der Waals surface area contributed by atoms with Gasteiger partial charge < -0.3 is 5.32 Å². The number of sulfone groups is 1. The minimum absolute atomic E-state index is 0. The van der Waals surface area contributed by atoms with E-state index in [1.165, 1.54) is 32.1 Å². The zero-order valence-electron chi connectivity index (χ0n) is 12.6. The number of halogens is 1. The van der Waals surface area contributed by atoms with Crippen LogP contribution in [-0.4, -0.2) is 56.5 Å². The normalized spacial score (nSPS) is 23.4. The molecule has 1 heterocycles. The van der Waals surface area contributed by atoms with E-state index in [9.17, 15) is 8.42 Å². The summed E-state index contributed by atoms with van der Waals surface area (Å²) in [6.45, 7) is 5.70. The number of nitrogens with zero attached hydrogens (tertiary/aromatic N) is 1. The summed E-state index contributed by atoms with van der Waals surface area (Å²) in [4.78, 5) is 2.47. The molecule has 0 unspecified atom stereocenters. The Hall–Kier alpha value is 0.160. The zero-order chi connectivity index (χ0) is 13.8. The van der Waals surface area contributed by atoms with Crippen LogP contribution in [0.3, 0.4) is 0 Å². The van der Waals surface area contributed by atoms with Gasteiger partial charge in [-0.05, 0) is 19.3 Å². The Labute approximate surface area is 130 Å². The number of hydrogen-bond donors (Lipinski definition) is 1. The van der Waals surface area contributed by atoms with Gasteiger partial charge in [-0.15, -0.1) is 12.4 Å². The third-order valence-electron chi connectivity index (χ3n) is 4.65. The van der Waals surface area contributed by atoms with Gasteiger partial charge >= 0.3 is 0 Å². The summed E-state index contributed by atoms with van der Waals surface area (Å²) in [5.41, 5.74) is 0.248. The predicted molar refractivity (Wildman–Crippen MR) is 86.5 cm³/mol. The number of piperazine rings is 1. The fraction of sp³-hybridized carbons (Fsp3) is 1.00. The maximum atomic E-state index is 11.9. The lowest BCUT2D eigenvalue weighted by Gasteiger charge is -2.50. The molecule has 6 heteroatoms. The SMILES string of the molecule is CCCS(=O)(=O)CCN1CCNCC12CCCCC2.Cl. The van der Waals surface area contributed by atoms with Gasteiger partial charge in [-0.3, -0.25) is 4.90 Å². The maximum absolute atomic E-state index is 11.9. The van der Waals surface area contributed by atoms with Crippen molar-refractivity contribution in [1.29, 1.82) is 0 Å². The Morgan fingerprint density at radius 3 is 2.50 bits per heavy atom. The Morgan fingerprint density at radius 2 is 1.85 bits per heavy atom. The summed E-state index contributed by atoms with van der Waals surface area (Å²) in [7, 11) is -2.85. The van der Waals surface area contributed by atoms with Gasteiger partial charge in [0.05, 0.1) is 5.75 Å². The van der Waals surface area contributed by atoms with Crippen LogP contribution in [0.2, 0.25) is 0 Å². The average molecular weight is 325 g/mol. The molecule has 2 aliphatic rings. The summed E-state index contributed by atoms with van der Waals surface area (Å²) < 4.78 is 23.8. The molecule has 1 N–H and O–H groups in total. The van der Waals surface area contributed by atoms with E-state index in [1.807, 2.05) is 6.92 Å². The van der Waals surface area contributed by atoms with Crippen LogP contribution in [0.15, 0.2) is 0 Å². The van der Waals surface area contributed by atoms with E-state index in [4.69, 9.17) is 0 Å². The lowest BCUT2D eigenvalue weighted by Crippen LogP contribution is -2.62. The molecule has 1 saturated heterocycles. The predicted octanol–water partition coefficient (Wildman–Crippen LogP) is 1.84. The van der Waals surface area contributed by atoms with Gasteiger partial charge in [0.25, 0.3) is 0 Å².